The summed E-state index contributed by atoms with van der Waals surface area (Å²) in [4.78, 5) is 10.5. The molecule has 1 aliphatic rings. The van der Waals surface area contributed by atoms with Crippen molar-refractivity contribution in [3.05, 3.63) is 32.3 Å². The van der Waals surface area contributed by atoms with Crippen LogP contribution in [-0.2, 0) is 0 Å². The van der Waals surface area contributed by atoms with E-state index in [2.05, 4.69) is 10.6 Å². The molecule has 0 saturated carbocycles. The maximum absolute atomic E-state index is 11.0. The zero-order chi connectivity index (χ0) is 13.8. The van der Waals surface area contributed by atoms with Crippen LogP contribution in [0.5, 0.6) is 0 Å². The van der Waals surface area contributed by atoms with E-state index in [1.807, 2.05) is 0 Å². The molecular weight excluding hydrogens is 289 g/mol. The fourth-order valence-electron chi connectivity index (χ4n) is 2.21. The molecule has 0 amide bonds. The zero-order valence-corrected chi connectivity index (χ0v) is 11.8. The molecule has 0 radical (unpaired) electrons. The molecule has 1 heterocycles. The van der Waals surface area contributed by atoms with Crippen LogP contribution in [0.2, 0.25) is 10.0 Å². The van der Waals surface area contributed by atoms with E-state index in [4.69, 9.17) is 23.2 Å². The SMILES string of the molecule is O=[N+]([O-])c1cc(Cl)c(Cl)cc1NCC[C@@H]1CCCN1. The normalized spacial score (nSPS) is 18.5. The second kappa shape index (κ2) is 6.41. The smallest absolute Gasteiger partial charge is 0.293 e. The second-order valence-electron chi connectivity index (χ2n) is 4.55. The van der Waals surface area contributed by atoms with Crippen LogP contribution in [-0.4, -0.2) is 24.1 Å². The molecule has 0 aromatic heterocycles. The Kier molecular flexibility index (Phi) is 4.85. The van der Waals surface area contributed by atoms with Crippen molar-refractivity contribution >= 4 is 34.6 Å². The Bertz CT molecular complexity index is 476. The van der Waals surface area contributed by atoms with E-state index in [0.717, 1.165) is 19.4 Å². The highest BCUT2D eigenvalue weighted by Crippen LogP contribution is 2.33. The van der Waals surface area contributed by atoms with E-state index in [0.29, 0.717) is 23.3 Å². The van der Waals surface area contributed by atoms with Gasteiger partial charge in [-0.05, 0) is 31.9 Å². The summed E-state index contributed by atoms with van der Waals surface area (Å²) in [7, 11) is 0. The lowest BCUT2D eigenvalue weighted by molar-refractivity contribution is -0.383. The van der Waals surface area contributed by atoms with Crippen molar-refractivity contribution in [2.45, 2.75) is 25.3 Å². The van der Waals surface area contributed by atoms with Gasteiger partial charge < -0.3 is 10.6 Å². The van der Waals surface area contributed by atoms with E-state index >= 15 is 0 Å². The van der Waals surface area contributed by atoms with Crippen molar-refractivity contribution in [1.29, 1.82) is 0 Å². The van der Waals surface area contributed by atoms with Crippen molar-refractivity contribution < 1.29 is 4.92 Å². The first-order valence-electron chi connectivity index (χ1n) is 6.18. The van der Waals surface area contributed by atoms with Crippen LogP contribution in [0.3, 0.4) is 0 Å². The van der Waals surface area contributed by atoms with Gasteiger partial charge in [-0.2, -0.15) is 0 Å². The van der Waals surface area contributed by atoms with Crippen LogP contribution in [0.4, 0.5) is 11.4 Å². The molecule has 2 rings (SSSR count). The van der Waals surface area contributed by atoms with Gasteiger partial charge in [-0.3, -0.25) is 10.1 Å². The van der Waals surface area contributed by atoms with Gasteiger partial charge in [0.15, 0.2) is 0 Å². The number of nitrogens with zero attached hydrogens (tertiary/aromatic N) is 1. The molecule has 1 fully saturated rings. The van der Waals surface area contributed by atoms with Gasteiger partial charge in [-0.15, -0.1) is 0 Å². The molecular formula is C12H15Cl2N3O2. The molecule has 1 saturated heterocycles. The van der Waals surface area contributed by atoms with E-state index < -0.39 is 4.92 Å². The van der Waals surface area contributed by atoms with Crippen LogP contribution in [0.15, 0.2) is 12.1 Å². The predicted octanol–water partition coefficient (Wildman–Crippen LogP) is 3.46. The molecule has 0 aliphatic carbocycles. The highest BCUT2D eigenvalue weighted by Gasteiger charge is 2.18. The summed E-state index contributed by atoms with van der Waals surface area (Å²) in [6, 6.07) is 3.28. The van der Waals surface area contributed by atoms with Crippen LogP contribution >= 0.6 is 23.2 Å². The number of anilines is 1. The maximum Gasteiger partial charge on any atom is 0.293 e. The molecule has 0 spiro atoms. The summed E-state index contributed by atoms with van der Waals surface area (Å²) in [5.41, 5.74) is 0.367. The molecule has 1 aliphatic heterocycles. The van der Waals surface area contributed by atoms with Crippen molar-refractivity contribution in [2.75, 3.05) is 18.4 Å². The number of nitrogens with one attached hydrogen (secondary N) is 2. The van der Waals surface area contributed by atoms with Crippen molar-refractivity contribution in [2.24, 2.45) is 0 Å². The lowest BCUT2D eigenvalue weighted by Gasteiger charge is -2.12. The molecule has 2 N–H and O–H groups in total. The summed E-state index contributed by atoms with van der Waals surface area (Å²) in [6.45, 7) is 1.72. The Morgan fingerprint density at radius 3 is 2.79 bits per heavy atom. The fraction of sp³-hybridized carbons (Fsp3) is 0.500. The van der Waals surface area contributed by atoms with E-state index in [9.17, 15) is 10.1 Å². The molecule has 0 unspecified atom stereocenters. The lowest BCUT2D eigenvalue weighted by Crippen LogP contribution is -2.24. The third-order valence-corrected chi connectivity index (χ3v) is 3.93. The maximum atomic E-state index is 11.0. The molecule has 0 bridgehead atoms. The number of nitro benzene ring substituents is 1. The first-order valence-corrected chi connectivity index (χ1v) is 6.94. The third-order valence-electron chi connectivity index (χ3n) is 3.21. The average molecular weight is 304 g/mol. The topological polar surface area (TPSA) is 67.2 Å². The van der Waals surface area contributed by atoms with Gasteiger partial charge in [0.05, 0.1) is 15.0 Å². The quantitative estimate of drug-likeness (QED) is 0.646. The minimum Gasteiger partial charge on any atom is -0.379 e. The second-order valence-corrected chi connectivity index (χ2v) is 5.36. The molecule has 1 aromatic carbocycles. The summed E-state index contributed by atoms with van der Waals surface area (Å²) >= 11 is 11.7. The van der Waals surface area contributed by atoms with Crippen molar-refractivity contribution in [3.8, 4) is 0 Å². The first-order chi connectivity index (χ1) is 9.08. The Hall–Kier alpha value is -1.04. The van der Waals surface area contributed by atoms with Crippen LogP contribution in [0.25, 0.3) is 0 Å². The highest BCUT2D eigenvalue weighted by molar-refractivity contribution is 6.42. The minimum absolute atomic E-state index is 0.0474. The molecule has 7 heteroatoms. The average Bonchev–Trinajstić information content (AvgIpc) is 2.86. The summed E-state index contributed by atoms with van der Waals surface area (Å²) in [5, 5.41) is 17.9. The van der Waals surface area contributed by atoms with Crippen LogP contribution in [0.1, 0.15) is 19.3 Å². The monoisotopic (exact) mass is 303 g/mol. The van der Waals surface area contributed by atoms with Gasteiger partial charge in [0.1, 0.15) is 5.69 Å². The van der Waals surface area contributed by atoms with Gasteiger partial charge in [0.2, 0.25) is 0 Å². The molecule has 19 heavy (non-hydrogen) atoms. The molecule has 5 nitrogen and oxygen atoms in total. The van der Waals surface area contributed by atoms with Crippen molar-refractivity contribution in [1.82, 2.24) is 5.32 Å². The number of halogens is 2. The Morgan fingerprint density at radius 1 is 1.42 bits per heavy atom. The molecule has 1 aromatic rings. The summed E-state index contributed by atoms with van der Waals surface area (Å²) in [6.07, 6.45) is 3.28. The minimum atomic E-state index is -0.460. The van der Waals surface area contributed by atoms with E-state index in [1.54, 1.807) is 0 Å². The van der Waals surface area contributed by atoms with Gasteiger partial charge in [-0.25, -0.2) is 0 Å². The number of benzene rings is 1. The summed E-state index contributed by atoms with van der Waals surface area (Å²) in [5.74, 6) is 0. The van der Waals surface area contributed by atoms with Gasteiger partial charge >= 0.3 is 0 Å². The Balaban J connectivity index is 2.01. The Labute approximate surface area is 121 Å². The molecule has 1 atom stereocenters. The lowest BCUT2D eigenvalue weighted by atomic mass is 10.1. The van der Waals surface area contributed by atoms with Gasteiger partial charge in [0, 0.05) is 18.7 Å². The predicted molar refractivity (Wildman–Crippen MR) is 77.2 cm³/mol. The van der Waals surface area contributed by atoms with Gasteiger partial charge in [0.25, 0.3) is 5.69 Å². The number of nitro groups is 1. The van der Waals surface area contributed by atoms with Crippen molar-refractivity contribution in [3.63, 3.8) is 0 Å². The third kappa shape index (κ3) is 3.72. The van der Waals surface area contributed by atoms with Crippen LogP contribution in [0, 0.1) is 10.1 Å². The first kappa shape index (κ1) is 14.4. The fourth-order valence-corrected chi connectivity index (χ4v) is 2.53. The standard InChI is InChI=1S/C12H15Cl2N3O2/c13-9-6-11(12(17(18)19)7-10(9)14)16-5-3-8-2-1-4-15-8/h6-8,15-16H,1-5H2/t8-/m0/s1. The highest BCUT2D eigenvalue weighted by atomic mass is 35.5. The van der Waals surface area contributed by atoms with E-state index in [-0.39, 0.29) is 10.7 Å². The number of hydrogen-bond donors (Lipinski definition) is 2. The number of hydrogen-bond acceptors (Lipinski definition) is 4. The van der Waals surface area contributed by atoms with E-state index in [1.165, 1.54) is 18.6 Å². The zero-order valence-electron chi connectivity index (χ0n) is 10.3. The number of rotatable bonds is 5. The summed E-state index contributed by atoms with van der Waals surface area (Å²) < 4.78 is 0. The van der Waals surface area contributed by atoms with Crippen LogP contribution < -0.4 is 10.6 Å². The molecule has 104 valence electrons. The van der Waals surface area contributed by atoms with Gasteiger partial charge in [-0.1, -0.05) is 23.2 Å². The largest absolute Gasteiger partial charge is 0.379 e. The Morgan fingerprint density at radius 2 is 2.16 bits per heavy atom.